The van der Waals surface area contributed by atoms with Crippen LogP contribution in [0, 0.1) is 11.3 Å². The van der Waals surface area contributed by atoms with Gasteiger partial charge in [0.2, 0.25) is 0 Å². The second kappa shape index (κ2) is 9.63. The number of rotatable bonds is 6. The predicted octanol–water partition coefficient (Wildman–Crippen LogP) is 1.20. The van der Waals surface area contributed by atoms with Crippen LogP contribution in [-0.2, 0) is 14.3 Å². The SMILES string of the molecule is CC(O)[C@H]1C(=O)[NH+]2C(C(=O)[O-])=C[C@@H](OCC(c3ccccc3)C(C)(C)C)CCCCC12. The van der Waals surface area contributed by atoms with Gasteiger partial charge >= 0.3 is 5.91 Å². The zero-order valence-electron chi connectivity index (χ0n) is 19.0. The number of aliphatic hydroxyl groups excluding tert-OH is 1. The number of hydrogen-bond acceptors (Lipinski definition) is 5. The largest absolute Gasteiger partial charge is 0.540 e. The number of fused-ring (bicyclic) bond motifs is 1. The summed E-state index contributed by atoms with van der Waals surface area (Å²) in [6.07, 6.45) is 3.52. The summed E-state index contributed by atoms with van der Waals surface area (Å²) in [6.45, 7) is 8.56. The third-order valence-electron chi connectivity index (χ3n) is 6.73. The molecule has 3 rings (SSSR count). The van der Waals surface area contributed by atoms with E-state index in [1.165, 1.54) is 5.56 Å². The first-order valence-electron chi connectivity index (χ1n) is 11.3. The Morgan fingerprint density at radius 3 is 2.45 bits per heavy atom. The van der Waals surface area contributed by atoms with Gasteiger partial charge in [-0.05, 0) is 30.7 Å². The molecule has 4 unspecified atom stereocenters. The monoisotopic (exact) mass is 429 g/mol. The van der Waals surface area contributed by atoms with E-state index in [9.17, 15) is 19.8 Å². The summed E-state index contributed by atoms with van der Waals surface area (Å²) in [6, 6.07) is 9.98. The zero-order chi connectivity index (χ0) is 22.8. The van der Waals surface area contributed by atoms with Crippen molar-refractivity contribution in [3.8, 4) is 0 Å². The van der Waals surface area contributed by atoms with Crippen LogP contribution in [-0.4, -0.2) is 41.8 Å². The molecule has 1 fully saturated rings. The van der Waals surface area contributed by atoms with E-state index >= 15 is 0 Å². The highest BCUT2D eigenvalue weighted by Gasteiger charge is 2.57. The fraction of sp³-hybridized carbons (Fsp3) is 0.600. The smallest absolute Gasteiger partial charge is 0.329 e. The molecule has 6 heteroatoms. The number of carboxylic acid groups (broad SMARTS) is 1. The first kappa shape index (κ1) is 23.6. The third-order valence-corrected chi connectivity index (χ3v) is 6.73. The van der Waals surface area contributed by atoms with E-state index < -0.39 is 24.1 Å². The molecule has 1 saturated heterocycles. The highest BCUT2D eigenvalue weighted by atomic mass is 16.5. The molecule has 2 aliphatic heterocycles. The van der Waals surface area contributed by atoms with Crippen molar-refractivity contribution in [2.45, 2.75) is 77.5 Å². The van der Waals surface area contributed by atoms with Crippen LogP contribution in [0.2, 0.25) is 0 Å². The average molecular weight is 430 g/mol. The average Bonchev–Trinajstić information content (AvgIpc) is 2.75. The van der Waals surface area contributed by atoms with Crippen molar-refractivity contribution in [1.29, 1.82) is 0 Å². The van der Waals surface area contributed by atoms with Crippen molar-refractivity contribution in [3.05, 3.63) is 47.7 Å². The molecule has 0 aliphatic carbocycles. The summed E-state index contributed by atoms with van der Waals surface area (Å²) in [5.74, 6) is -1.98. The van der Waals surface area contributed by atoms with E-state index in [0.717, 1.165) is 12.8 Å². The topological polar surface area (TPSA) is 91.1 Å². The Kier molecular flexibility index (Phi) is 7.35. The maximum absolute atomic E-state index is 12.6. The Balaban J connectivity index is 1.82. The van der Waals surface area contributed by atoms with Gasteiger partial charge in [-0.25, -0.2) is 9.69 Å². The highest BCUT2D eigenvalue weighted by molar-refractivity contribution is 5.87. The molecule has 1 aromatic carbocycles. The van der Waals surface area contributed by atoms with Gasteiger partial charge in [0.05, 0.1) is 18.8 Å². The summed E-state index contributed by atoms with van der Waals surface area (Å²) in [7, 11) is 0. The third kappa shape index (κ3) is 5.25. The van der Waals surface area contributed by atoms with Crippen molar-refractivity contribution < 1.29 is 29.4 Å². The van der Waals surface area contributed by atoms with Gasteiger partial charge in [-0.1, -0.05) is 57.5 Å². The van der Waals surface area contributed by atoms with E-state index in [1.54, 1.807) is 13.0 Å². The number of ether oxygens (including phenoxy) is 1. The number of aliphatic carboxylic acids is 1. The Morgan fingerprint density at radius 2 is 1.87 bits per heavy atom. The minimum atomic E-state index is -1.34. The van der Waals surface area contributed by atoms with Gasteiger partial charge in [0.25, 0.3) is 0 Å². The van der Waals surface area contributed by atoms with Crippen molar-refractivity contribution in [1.82, 2.24) is 0 Å². The molecule has 6 atom stereocenters. The lowest BCUT2D eigenvalue weighted by Gasteiger charge is -2.43. The highest BCUT2D eigenvalue weighted by Crippen LogP contribution is 2.36. The number of carbonyl (C=O) groups is 2. The van der Waals surface area contributed by atoms with Crippen LogP contribution in [0.25, 0.3) is 0 Å². The number of hydrogen-bond donors (Lipinski definition) is 2. The summed E-state index contributed by atoms with van der Waals surface area (Å²) < 4.78 is 6.27. The summed E-state index contributed by atoms with van der Waals surface area (Å²) >= 11 is 0. The minimum absolute atomic E-state index is 0.0327. The number of quaternary nitrogens is 1. The first-order valence-corrected chi connectivity index (χ1v) is 11.3. The fourth-order valence-corrected chi connectivity index (χ4v) is 4.97. The quantitative estimate of drug-likeness (QED) is 0.663. The Hall–Kier alpha value is -2.02. The van der Waals surface area contributed by atoms with Crippen LogP contribution >= 0.6 is 0 Å². The predicted molar refractivity (Wildman–Crippen MR) is 115 cm³/mol. The van der Waals surface area contributed by atoms with E-state index in [-0.39, 0.29) is 29.0 Å². The van der Waals surface area contributed by atoms with Crippen LogP contribution in [0.15, 0.2) is 42.1 Å². The van der Waals surface area contributed by atoms with Gasteiger partial charge in [0.15, 0.2) is 11.6 Å². The normalized spacial score (nSPS) is 28.8. The maximum atomic E-state index is 12.6. The Labute approximate surface area is 184 Å². The van der Waals surface area contributed by atoms with Crippen LogP contribution in [0.4, 0.5) is 0 Å². The molecule has 2 aliphatic rings. The first-order chi connectivity index (χ1) is 14.6. The van der Waals surface area contributed by atoms with E-state index in [0.29, 0.717) is 24.3 Å². The van der Waals surface area contributed by atoms with Gasteiger partial charge in [-0.15, -0.1) is 0 Å². The molecule has 6 nitrogen and oxygen atoms in total. The van der Waals surface area contributed by atoms with Crippen molar-refractivity contribution in [3.63, 3.8) is 0 Å². The Bertz CT molecular complexity index is 811. The fourth-order valence-electron chi connectivity index (χ4n) is 4.97. The molecule has 0 aromatic heterocycles. The van der Waals surface area contributed by atoms with E-state index in [2.05, 4.69) is 32.9 Å². The van der Waals surface area contributed by atoms with E-state index in [4.69, 9.17) is 4.74 Å². The van der Waals surface area contributed by atoms with Crippen molar-refractivity contribution >= 4 is 11.9 Å². The number of aliphatic hydroxyl groups is 1. The molecule has 170 valence electrons. The minimum Gasteiger partial charge on any atom is -0.540 e. The zero-order valence-corrected chi connectivity index (χ0v) is 19.0. The summed E-state index contributed by atoms with van der Waals surface area (Å²) in [5, 5.41) is 21.9. The second-order valence-electron chi connectivity index (χ2n) is 10.0. The molecule has 0 radical (unpaired) electrons. The summed E-state index contributed by atoms with van der Waals surface area (Å²) in [4.78, 5) is 24.9. The van der Waals surface area contributed by atoms with Gasteiger partial charge < -0.3 is 19.7 Å². The number of amides is 1. The van der Waals surface area contributed by atoms with Crippen molar-refractivity contribution in [2.75, 3.05) is 6.61 Å². The molecule has 31 heavy (non-hydrogen) atoms. The van der Waals surface area contributed by atoms with Gasteiger partial charge in [0.1, 0.15) is 12.0 Å². The Morgan fingerprint density at radius 1 is 1.23 bits per heavy atom. The van der Waals surface area contributed by atoms with Crippen LogP contribution in [0.3, 0.4) is 0 Å². The van der Waals surface area contributed by atoms with Crippen LogP contribution in [0.5, 0.6) is 0 Å². The molecule has 2 N–H and O–H groups in total. The molecule has 0 spiro atoms. The van der Waals surface area contributed by atoms with Gasteiger partial charge in [0, 0.05) is 18.4 Å². The number of nitrogens with one attached hydrogen (secondary N) is 1. The number of β-lactam (4-membered cyclic amide) rings is 1. The van der Waals surface area contributed by atoms with Gasteiger partial charge in [-0.2, -0.15) is 0 Å². The molecule has 1 amide bonds. The maximum Gasteiger partial charge on any atom is 0.329 e. The number of benzene rings is 1. The summed E-state index contributed by atoms with van der Waals surface area (Å²) in [5.41, 5.74) is 1.10. The lowest BCUT2D eigenvalue weighted by atomic mass is 9.77. The van der Waals surface area contributed by atoms with E-state index in [1.807, 2.05) is 18.2 Å². The lowest BCUT2D eigenvalue weighted by Crippen LogP contribution is -3.26. The number of carbonyl (C=O) groups excluding carboxylic acids is 2. The second-order valence-corrected chi connectivity index (χ2v) is 10.0. The standard InChI is InChI=1S/C25H35NO5/c1-16(27)22-20-13-9-8-12-18(14-21(24(29)30)26(20)23(22)28)31-15-19(25(2,3)4)17-10-6-5-7-11-17/h5-7,10-11,14,16,18-20,22,27H,8-9,12-13,15H2,1-4H3,(H,29,30)/t16?,18-,19?,20?,22+/m0/s1. The van der Waals surface area contributed by atoms with Crippen LogP contribution < -0.4 is 10.0 Å². The molecular formula is C25H35NO5. The molecule has 1 aromatic rings. The molecule has 0 bridgehead atoms. The molecular weight excluding hydrogens is 394 g/mol. The number of carboxylic acids is 1. The molecule has 0 saturated carbocycles. The van der Waals surface area contributed by atoms with Crippen molar-refractivity contribution in [2.24, 2.45) is 11.3 Å². The van der Waals surface area contributed by atoms with Gasteiger partial charge in [-0.3, -0.25) is 0 Å². The van der Waals surface area contributed by atoms with Crippen LogP contribution in [0.1, 0.15) is 64.9 Å². The lowest BCUT2D eigenvalue weighted by molar-refractivity contribution is -0.849. The molecule has 2 heterocycles.